The predicted octanol–water partition coefficient (Wildman–Crippen LogP) is 2.01. The summed E-state index contributed by atoms with van der Waals surface area (Å²) in [4.78, 5) is 30.7. The molecule has 2 heterocycles. The number of carbonyl (C=O) groups excluding carboxylic acids is 2. The molecule has 2 amide bonds. The van der Waals surface area contributed by atoms with Crippen molar-refractivity contribution in [3.63, 3.8) is 0 Å². The van der Waals surface area contributed by atoms with E-state index in [0.29, 0.717) is 13.1 Å². The summed E-state index contributed by atoms with van der Waals surface area (Å²) >= 11 is 0. The molecule has 23 heavy (non-hydrogen) atoms. The molecule has 0 saturated carbocycles. The van der Waals surface area contributed by atoms with E-state index >= 15 is 0 Å². The third kappa shape index (κ3) is 2.86. The van der Waals surface area contributed by atoms with Gasteiger partial charge in [0.2, 0.25) is 11.8 Å². The van der Waals surface area contributed by atoms with Crippen LogP contribution < -0.4 is 0 Å². The van der Waals surface area contributed by atoms with Crippen molar-refractivity contribution in [2.24, 2.45) is 0 Å². The van der Waals surface area contributed by atoms with Crippen LogP contribution in [0.5, 0.6) is 0 Å². The number of aromatic nitrogens is 1. The largest absolute Gasteiger partial charge is 0.358 e. The van der Waals surface area contributed by atoms with Gasteiger partial charge >= 0.3 is 0 Å². The fourth-order valence-corrected chi connectivity index (χ4v) is 3.08. The normalized spacial score (nSPS) is 13.7. The monoisotopic (exact) mass is 311 g/mol. The number of amides is 2. The summed E-state index contributed by atoms with van der Waals surface area (Å²) in [6, 6.07) is 6.33. The Kier molecular flexibility index (Phi) is 3.94. The van der Waals surface area contributed by atoms with Crippen molar-refractivity contribution >= 4 is 22.7 Å². The average molecular weight is 311 g/mol. The molecule has 1 aliphatic heterocycles. The third-order valence-corrected chi connectivity index (χ3v) is 4.41. The summed E-state index contributed by atoms with van der Waals surface area (Å²) in [5, 5.41) is 1.19. The zero-order valence-corrected chi connectivity index (χ0v) is 13.6. The molecule has 0 bridgehead atoms. The smallest absolute Gasteiger partial charge is 0.246 e. The second-order valence-corrected chi connectivity index (χ2v) is 6.09. The SMILES string of the molecule is C=CC(=O)N(C)CC(=O)N1CCc2[nH]c3ccc(C)cc3c2C1. The summed E-state index contributed by atoms with van der Waals surface area (Å²) in [6.07, 6.45) is 2.04. The highest BCUT2D eigenvalue weighted by Crippen LogP contribution is 2.28. The van der Waals surface area contributed by atoms with Crippen LogP contribution in [-0.2, 0) is 22.6 Å². The minimum absolute atomic E-state index is 0.0321. The molecule has 3 rings (SSSR count). The number of hydrogen-bond acceptors (Lipinski definition) is 2. The molecule has 120 valence electrons. The van der Waals surface area contributed by atoms with E-state index in [0.717, 1.165) is 11.9 Å². The molecule has 1 aromatic carbocycles. The van der Waals surface area contributed by atoms with Crippen molar-refractivity contribution in [3.8, 4) is 0 Å². The number of carbonyl (C=O) groups is 2. The highest BCUT2D eigenvalue weighted by Gasteiger charge is 2.25. The van der Waals surface area contributed by atoms with Crippen LogP contribution in [0.1, 0.15) is 16.8 Å². The molecular formula is C18H21N3O2. The minimum Gasteiger partial charge on any atom is -0.358 e. The zero-order valence-electron chi connectivity index (χ0n) is 13.6. The van der Waals surface area contributed by atoms with Gasteiger partial charge in [-0.05, 0) is 25.1 Å². The summed E-state index contributed by atoms with van der Waals surface area (Å²) < 4.78 is 0. The Balaban J connectivity index is 1.80. The van der Waals surface area contributed by atoms with Gasteiger partial charge in [-0.2, -0.15) is 0 Å². The van der Waals surface area contributed by atoms with Crippen LogP contribution in [0.2, 0.25) is 0 Å². The van der Waals surface area contributed by atoms with E-state index in [4.69, 9.17) is 0 Å². The number of hydrogen-bond donors (Lipinski definition) is 1. The van der Waals surface area contributed by atoms with Gasteiger partial charge in [-0.25, -0.2) is 0 Å². The first-order chi connectivity index (χ1) is 11.0. The number of nitrogens with one attached hydrogen (secondary N) is 1. The molecule has 5 heteroatoms. The summed E-state index contributed by atoms with van der Waals surface area (Å²) in [6.45, 7) is 6.87. The molecule has 5 nitrogen and oxygen atoms in total. The van der Waals surface area contributed by atoms with Gasteiger partial charge in [-0.3, -0.25) is 9.59 Å². The molecule has 0 spiro atoms. The lowest BCUT2D eigenvalue weighted by molar-refractivity contribution is -0.137. The Morgan fingerprint density at radius 2 is 2.22 bits per heavy atom. The summed E-state index contributed by atoms with van der Waals surface area (Å²) in [7, 11) is 1.62. The van der Waals surface area contributed by atoms with E-state index in [1.165, 1.54) is 33.2 Å². The van der Waals surface area contributed by atoms with E-state index in [2.05, 4.69) is 36.7 Å². The van der Waals surface area contributed by atoms with Crippen LogP contribution in [0.25, 0.3) is 10.9 Å². The lowest BCUT2D eigenvalue weighted by Crippen LogP contribution is -2.42. The second-order valence-electron chi connectivity index (χ2n) is 6.09. The molecule has 0 atom stereocenters. The summed E-state index contributed by atoms with van der Waals surface area (Å²) in [5.74, 6) is -0.269. The Morgan fingerprint density at radius 3 is 2.96 bits per heavy atom. The lowest BCUT2D eigenvalue weighted by atomic mass is 10.0. The molecule has 0 aliphatic carbocycles. The zero-order chi connectivity index (χ0) is 16.6. The standard InChI is InChI=1S/C18H21N3O2/c1-4-17(22)20(3)11-18(23)21-8-7-16-14(10-21)13-9-12(2)5-6-15(13)19-16/h4-6,9,19H,1,7-8,10-11H2,2-3H3. The molecule has 1 aliphatic rings. The number of rotatable bonds is 3. The quantitative estimate of drug-likeness (QED) is 0.882. The number of benzene rings is 1. The van der Waals surface area contributed by atoms with Gasteiger partial charge in [0.1, 0.15) is 0 Å². The molecule has 0 unspecified atom stereocenters. The molecule has 2 aromatic rings. The maximum atomic E-state index is 12.5. The van der Waals surface area contributed by atoms with Gasteiger partial charge in [0.05, 0.1) is 6.54 Å². The van der Waals surface area contributed by atoms with Gasteiger partial charge in [-0.1, -0.05) is 18.2 Å². The van der Waals surface area contributed by atoms with Crippen LogP contribution in [0.3, 0.4) is 0 Å². The van der Waals surface area contributed by atoms with Crippen LogP contribution >= 0.6 is 0 Å². The van der Waals surface area contributed by atoms with E-state index in [9.17, 15) is 9.59 Å². The van der Waals surface area contributed by atoms with Gasteiger partial charge in [-0.15, -0.1) is 0 Å². The number of fused-ring (bicyclic) bond motifs is 3. The number of aromatic amines is 1. The third-order valence-electron chi connectivity index (χ3n) is 4.41. The Bertz CT molecular complexity index is 791. The lowest BCUT2D eigenvalue weighted by Gasteiger charge is -2.29. The molecule has 1 aromatic heterocycles. The fraction of sp³-hybridized carbons (Fsp3) is 0.333. The maximum absolute atomic E-state index is 12.5. The highest BCUT2D eigenvalue weighted by atomic mass is 16.2. The van der Waals surface area contributed by atoms with Crippen molar-refractivity contribution in [1.29, 1.82) is 0 Å². The molecule has 0 radical (unpaired) electrons. The average Bonchev–Trinajstić information content (AvgIpc) is 2.90. The topological polar surface area (TPSA) is 56.4 Å². The fourth-order valence-electron chi connectivity index (χ4n) is 3.08. The molecule has 1 N–H and O–H groups in total. The van der Waals surface area contributed by atoms with E-state index in [1.54, 1.807) is 7.05 Å². The van der Waals surface area contributed by atoms with Crippen LogP contribution in [0, 0.1) is 6.92 Å². The highest BCUT2D eigenvalue weighted by molar-refractivity contribution is 5.91. The van der Waals surface area contributed by atoms with Gasteiger partial charge < -0.3 is 14.8 Å². The minimum atomic E-state index is -0.237. The van der Waals surface area contributed by atoms with Gasteiger partial charge in [0.15, 0.2) is 0 Å². The van der Waals surface area contributed by atoms with Gasteiger partial charge in [0.25, 0.3) is 0 Å². The Morgan fingerprint density at radius 1 is 1.43 bits per heavy atom. The van der Waals surface area contributed by atoms with Crippen molar-refractivity contribution in [2.45, 2.75) is 19.9 Å². The van der Waals surface area contributed by atoms with E-state index < -0.39 is 0 Å². The van der Waals surface area contributed by atoms with Crippen molar-refractivity contribution in [2.75, 3.05) is 20.1 Å². The first kappa shape index (κ1) is 15.3. The Labute approximate surface area is 135 Å². The van der Waals surface area contributed by atoms with Crippen molar-refractivity contribution in [1.82, 2.24) is 14.8 Å². The van der Waals surface area contributed by atoms with Crippen molar-refractivity contribution in [3.05, 3.63) is 47.7 Å². The first-order valence-electron chi connectivity index (χ1n) is 7.75. The predicted molar refractivity (Wildman–Crippen MR) is 90.0 cm³/mol. The number of nitrogens with zero attached hydrogens (tertiary/aromatic N) is 2. The number of likely N-dealkylation sites (N-methyl/N-ethyl adjacent to an activating group) is 1. The van der Waals surface area contributed by atoms with Crippen LogP contribution in [0.4, 0.5) is 0 Å². The molecular weight excluding hydrogens is 290 g/mol. The summed E-state index contributed by atoms with van der Waals surface area (Å²) in [5.41, 5.74) is 4.74. The van der Waals surface area contributed by atoms with Crippen LogP contribution in [-0.4, -0.2) is 46.7 Å². The van der Waals surface area contributed by atoms with E-state index in [1.807, 2.05) is 4.90 Å². The first-order valence-corrected chi connectivity index (χ1v) is 7.75. The van der Waals surface area contributed by atoms with Gasteiger partial charge in [0, 0.05) is 48.7 Å². The second kappa shape index (κ2) is 5.91. The van der Waals surface area contributed by atoms with Crippen LogP contribution in [0.15, 0.2) is 30.9 Å². The number of H-pyrrole nitrogens is 1. The van der Waals surface area contributed by atoms with E-state index in [-0.39, 0.29) is 18.4 Å². The Hall–Kier alpha value is -2.56. The molecule has 0 saturated heterocycles. The maximum Gasteiger partial charge on any atom is 0.246 e. The number of aryl methyl sites for hydroxylation is 1. The van der Waals surface area contributed by atoms with Crippen molar-refractivity contribution < 1.29 is 9.59 Å². The molecule has 0 fully saturated rings.